The minimum absolute atomic E-state index is 0.0301. The normalized spacial score (nSPS) is 11.5. The monoisotopic (exact) mass is 540 g/mol. The molecule has 0 spiro atoms. The van der Waals surface area contributed by atoms with Crippen molar-refractivity contribution < 1.29 is 13.2 Å². The van der Waals surface area contributed by atoms with Crippen molar-refractivity contribution in [1.29, 1.82) is 0 Å². The Labute approximate surface area is 200 Å². The molecule has 3 aromatic carbocycles. The van der Waals surface area contributed by atoms with Gasteiger partial charge < -0.3 is 5.32 Å². The maximum Gasteiger partial charge on any atom is 0.243 e. The molecule has 1 amide bonds. The third kappa shape index (κ3) is 6.08. The standard InChI is InChI=1S/C22H19BrCl2N2O3S/c1-15-5-7-16(8-6-15)13-27(31(29,30)18-11-9-17(23)10-12-18)14-21(28)26-22-19(24)3-2-4-20(22)25/h2-12H,13-14H2,1H3,(H,26,28). The van der Waals surface area contributed by atoms with Crippen molar-refractivity contribution in [2.45, 2.75) is 18.4 Å². The summed E-state index contributed by atoms with van der Waals surface area (Å²) in [6.07, 6.45) is 0. The highest BCUT2D eigenvalue weighted by Crippen LogP contribution is 2.30. The first-order valence-electron chi connectivity index (χ1n) is 9.22. The Hall–Kier alpha value is -1.90. The number of para-hydroxylation sites is 1. The molecule has 0 unspecified atom stereocenters. The van der Waals surface area contributed by atoms with E-state index >= 15 is 0 Å². The molecular formula is C22H19BrCl2N2O3S. The lowest BCUT2D eigenvalue weighted by molar-refractivity contribution is -0.116. The summed E-state index contributed by atoms with van der Waals surface area (Å²) in [6, 6.07) is 18.5. The first-order valence-corrected chi connectivity index (χ1v) is 12.2. The number of sulfonamides is 1. The summed E-state index contributed by atoms with van der Waals surface area (Å²) >= 11 is 15.5. The summed E-state index contributed by atoms with van der Waals surface area (Å²) in [4.78, 5) is 12.9. The minimum atomic E-state index is -3.95. The van der Waals surface area contributed by atoms with Gasteiger partial charge in [-0.25, -0.2) is 8.42 Å². The average molecular weight is 542 g/mol. The Kier molecular flexibility index (Phi) is 7.78. The summed E-state index contributed by atoms with van der Waals surface area (Å²) in [6.45, 7) is 1.57. The number of nitrogens with zero attached hydrogens (tertiary/aromatic N) is 1. The largest absolute Gasteiger partial charge is 0.322 e. The van der Waals surface area contributed by atoms with Gasteiger partial charge in [0, 0.05) is 11.0 Å². The molecular weight excluding hydrogens is 523 g/mol. The molecule has 0 aromatic heterocycles. The van der Waals surface area contributed by atoms with E-state index < -0.39 is 22.5 Å². The molecule has 0 radical (unpaired) electrons. The zero-order valence-corrected chi connectivity index (χ0v) is 20.4. The number of anilines is 1. The van der Waals surface area contributed by atoms with E-state index in [0.29, 0.717) is 0 Å². The van der Waals surface area contributed by atoms with Crippen LogP contribution >= 0.6 is 39.1 Å². The summed E-state index contributed by atoms with van der Waals surface area (Å²) in [5.74, 6) is -0.553. The first-order chi connectivity index (χ1) is 14.7. The number of hydrogen-bond acceptors (Lipinski definition) is 3. The second-order valence-electron chi connectivity index (χ2n) is 6.86. The summed E-state index contributed by atoms with van der Waals surface area (Å²) < 4.78 is 28.5. The van der Waals surface area contributed by atoms with Crippen LogP contribution in [0.2, 0.25) is 10.0 Å². The van der Waals surface area contributed by atoms with E-state index in [9.17, 15) is 13.2 Å². The van der Waals surface area contributed by atoms with Gasteiger partial charge in [-0.05, 0) is 48.9 Å². The number of hydrogen-bond donors (Lipinski definition) is 1. The van der Waals surface area contributed by atoms with Crippen molar-refractivity contribution in [2.24, 2.45) is 0 Å². The van der Waals surface area contributed by atoms with Gasteiger partial charge in [-0.2, -0.15) is 4.31 Å². The van der Waals surface area contributed by atoms with Crippen LogP contribution in [0, 0.1) is 6.92 Å². The minimum Gasteiger partial charge on any atom is -0.322 e. The van der Waals surface area contributed by atoms with E-state index in [-0.39, 0.29) is 27.2 Å². The molecule has 0 atom stereocenters. The molecule has 0 aliphatic rings. The molecule has 0 heterocycles. The van der Waals surface area contributed by atoms with Gasteiger partial charge in [-0.1, -0.05) is 75.0 Å². The Bertz CT molecular complexity index is 1160. The average Bonchev–Trinajstić information content (AvgIpc) is 2.72. The predicted molar refractivity (Wildman–Crippen MR) is 128 cm³/mol. The van der Waals surface area contributed by atoms with Crippen LogP contribution in [0.1, 0.15) is 11.1 Å². The number of nitrogens with one attached hydrogen (secondary N) is 1. The zero-order valence-electron chi connectivity index (χ0n) is 16.5. The second kappa shape index (κ2) is 10.1. The van der Waals surface area contributed by atoms with Gasteiger partial charge in [0.05, 0.1) is 27.2 Å². The molecule has 0 saturated carbocycles. The summed E-state index contributed by atoms with van der Waals surface area (Å²) in [5, 5.41) is 3.15. The molecule has 3 rings (SSSR count). The van der Waals surface area contributed by atoms with Gasteiger partial charge in [-0.3, -0.25) is 4.79 Å². The fraction of sp³-hybridized carbons (Fsp3) is 0.136. The summed E-state index contributed by atoms with van der Waals surface area (Å²) in [5.41, 5.74) is 2.05. The molecule has 0 aliphatic heterocycles. The molecule has 3 aromatic rings. The third-order valence-electron chi connectivity index (χ3n) is 4.48. The van der Waals surface area contributed by atoms with E-state index in [2.05, 4.69) is 21.2 Å². The van der Waals surface area contributed by atoms with Crippen molar-refractivity contribution in [3.05, 3.63) is 92.4 Å². The maximum atomic E-state index is 13.3. The number of benzene rings is 3. The Morgan fingerprint density at radius 3 is 2.13 bits per heavy atom. The van der Waals surface area contributed by atoms with Crippen molar-refractivity contribution >= 4 is 60.7 Å². The van der Waals surface area contributed by atoms with Gasteiger partial charge in [0.25, 0.3) is 0 Å². The van der Waals surface area contributed by atoms with Gasteiger partial charge in [0.15, 0.2) is 0 Å². The maximum absolute atomic E-state index is 13.3. The lowest BCUT2D eigenvalue weighted by atomic mass is 10.1. The number of amides is 1. The second-order valence-corrected chi connectivity index (χ2v) is 10.5. The van der Waals surface area contributed by atoms with Crippen LogP contribution in [0.4, 0.5) is 5.69 Å². The molecule has 162 valence electrons. The Morgan fingerprint density at radius 1 is 0.968 bits per heavy atom. The lowest BCUT2D eigenvalue weighted by Gasteiger charge is -2.22. The van der Waals surface area contributed by atoms with E-state index in [0.717, 1.165) is 19.9 Å². The van der Waals surface area contributed by atoms with Crippen molar-refractivity contribution in [3.63, 3.8) is 0 Å². The molecule has 31 heavy (non-hydrogen) atoms. The summed E-state index contributed by atoms with van der Waals surface area (Å²) in [7, 11) is -3.95. The van der Waals surface area contributed by atoms with Crippen LogP contribution in [0.15, 0.2) is 76.1 Å². The van der Waals surface area contributed by atoms with Gasteiger partial charge in [0.2, 0.25) is 15.9 Å². The third-order valence-corrected chi connectivity index (χ3v) is 7.44. The molecule has 1 N–H and O–H groups in total. The molecule has 9 heteroatoms. The van der Waals surface area contributed by atoms with Crippen LogP contribution in [0.3, 0.4) is 0 Å². The van der Waals surface area contributed by atoms with Gasteiger partial charge >= 0.3 is 0 Å². The predicted octanol–water partition coefficient (Wildman–Crippen LogP) is 5.89. The SMILES string of the molecule is Cc1ccc(CN(CC(=O)Nc2c(Cl)cccc2Cl)S(=O)(=O)c2ccc(Br)cc2)cc1. The van der Waals surface area contributed by atoms with Gasteiger partial charge in [0.1, 0.15) is 0 Å². The van der Waals surface area contributed by atoms with Crippen LogP contribution < -0.4 is 5.32 Å². The highest BCUT2D eigenvalue weighted by atomic mass is 79.9. The number of aryl methyl sites for hydroxylation is 1. The number of carbonyl (C=O) groups excluding carboxylic acids is 1. The highest BCUT2D eigenvalue weighted by molar-refractivity contribution is 9.10. The molecule has 0 saturated heterocycles. The molecule has 5 nitrogen and oxygen atoms in total. The van der Waals surface area contributed by atoms with Crippen LogP contribution in [0.25, 0.3) is 0 Å². The van der Waals surface area contributed by atoms with E-state index in [1.165, 1.54) is 12.1 Å². The molecule has 0 bridgehead atoms. The zero-order chi connectivity index (χ0) is 22.6. The number of carbonyl (C=O) groups is 1. The van der Waals surface area contributed by atoms with Crippen molar-refractivity contribution in [3.8, 4) is 0 Å². The Balaban J connectivity index is 1.90. The van der Waals surface area contributed by atoms with E-state index in [1.807, 2.05) is 31.2 Å². The fourth-order valence-electron chi connectivity index (χ4n) is 2.83. The van der Waals surface area contributed by atoms with Gasteiger partial charge in [-0.15, -0.1) is 0 Å². The topological polar surface area (TPSA) is 66.5 Å². The first kappa shape index (κ1) is 23.8. The molecule has 0 aliphatic carbocycles. The van der Waals surface area contributed by atoms with Crippen molar-refractivity contribution in [2.75, 3.05) is 11.9 Å². The quantitative estimate of drug-likeness (QED) is 0.405. The molecule has 0 fully saturated rings. The highest BCUT2D eigenvalue weighted by Gasteiger charge is 2.27. The van der Waals surface area contributed by atoms with E-state index in [1.54, 1.807) is 30.3 Å². The van der Waals surface area contributed by atoms with Crippen LogP contribution in [-0.2, 0) is 21.4 Å². The van der Waals surface area contributed by atoms with Crippen LogP contribution in [0.5, 0.6) is 0 Å². The van der Waals surface area contributed by atoms with Crippen LogP contribution in [-0.4, -0.2) is 25.2 Å². The smallest absolute Gasteiger partial charge is 0.243 e. The number of halogens is 3. The van der Waals surface area contributed by atoms with Crippen molar-refractivity contribution in [1.82, 2.24) is 4.31 Å². The fourth-order valence-corrected chi connectivity index (χ4v) is 4.98. The lowest BCUT2D eigenvalue weighted by Crippen LogP contribution is -2.37. The number of rotatable bonds is 7. The Morgan fingerprint density at radius 2 is 1.55 bits per heavy atom. The van der Waals surface area contributed by atoms with E-state index in [4.69, 9.17) is 23.2 Å².